The van der Waals surface area contributed by atoms with Gasteiger partial charge in [-0.2, -0.15) is 0 Å². The zero-order valence-corrected chi connectivity index (χ0v) is 13.9. The average molecular weight is 340 g/mol. The number of thiophene rings is 1. The van der Waals surface area contributed by atoms with Crippen molar-refractivity contribution in [2.45, 2.75) is 25.7 Å². The maximum Gasteiger partial charge on any atom is 0.231 e. The Morgan fingerprint density at radius 3 is 2.83 bits per heavy atom. The largest absolute Gasteiger partial charge is 0.486 e. The molecule has 0 saturated carbocycles. The lowest BCUT2D eigenvalue weighted by molar-refractivity contribution is 0.171. The maximum absolute atomic E-state index is 6.10. The highest BCUT2D eigenvalue weighted by Crippen LogP contribution is 2.41. The molecule has 3 aromatic rings. The molecule has 1 aromatic carbocycles. The molecule has 0 amide bonds. The number of hydrogen-bond donors (Lipinski definition) is 0. The van der Waals surface area contributed by atoms with E-state index < -0.39 is 0 Å². The Morgan fingerprint density at radius 2 is 1.88 bits per heavy atom. The van der Waals surface area contributed by atoms with Crippen molar-refractivity contribution in [3.8, 4) is 23.1 Å². The predicted molar refractivity (Wildman–Crippen MR) is 91.6 cm³/mol. The Bertz CT molecular complexity index is 922. The standard InChI is InChI=1S/C18H16N2O3S/c1-2-4-15-12(3-1)16-17(19-10-20-18(16)24-15)23-11-5-6-13-14(9-11)22-8-7-21-13/h5-6,9-10H,1-4,7-8H2. The number of nitrogens with zero attached hydrogens (tertiary/aromatic N) is 2. The molecular weight excluding hydrogens is 324 g/mol. The van der Waals surface area contributed by atoms with E-state index in [0.29, 0.717) is 24.8 Å². The first-order valence-electron chi connectivity index (χ1n) is 8.21. The van der Waals surface area contributed by atoms with Crippen molar-refractivity contribution in [3.05, 3.63) is 35.0 Å². The summed E-state index contributed by atoms with van der Waals surface area (Å²) in [5.41, 5.74) is 1.37. The van der Waals surface area contributed by atoms with E-state index in [4.69, 9.17) is 14.2 Å². The number of hydrogen-bond acceptors (Lipinski definition) is 6. The van der Waals surface area contributed by atoms with E-state index in [1.54, 1.807) is 17.7 Å². The third kappa shape index (κ3) is 2.29. The van der Waals surface area contributed by atoms with Crippen molar-refractivity contribution >= 4 is 21.6 Å². The highest BCUT2D eigenvalue weighted by molar-refractivity contribution is 7.18. The van der Waals surface area contributed by atoms with Gasteiger partial charge in [-0.25, -0.2) is 9.97 Å². The van der Waals surface area contributed by atoms with Crippen LogP contribution in [0.1, 0.15) is 23.3 Å². The zero-order valence-electron chi connectivity index (χ0n) is 13.1. The normalized spacial score (nSPS) is 16.0. The summed E-state index contributed by atoms with van der Waals surface area (Å²) in [7, 11) is 0. The predicted octanol–water partition coefficient (Wildman–Crippen LogP) is 4.13. The summed E-state index contributed by atoms with van der Waals surface area (Å²) in [6, 6.07) is 5.63. The van der Waals surface area contributed by atoms with Gasteiger partial charge in [0.2, 0.25) is 5.88 Å². The number of fused-ring (bicyclic) bond motifs is 4. The van der Waals surface area contributed by atoms with Crippen LogP contribution in [0.2, 0.25) is 0 Å². The SMILES string of the molecule is c1nc(Oc2ccc3c(c2)OCCO3)c2c3c(sc2n1)CCCC3. The lowest BCUT2D eigenvalue weighted by atomic mass is 9.97. The Hall–Kier alpha value is -2.34. The van der Waals surface area contributed by atoms with Crippen LogP contribution in [0.5, 0.6) is 23.1 Å². The summed E-state index contributed by atoms with van der Waals surface area (Å²) in [6.45, 7) is 1.15. The molecule has 0 N–H and O–H groups in total. The minimum atomic E-state index is 0.562. The smallest absolute Gasteiger partial charge is 0.231 e. The molecule has 5 rings (SSSR count). The van der Waals surface area contributed by atoms with Crippen molar-refractivity contribution in [2.75, 3.05) is 13.2 Å². The van der Waals surface area contributed by atoms with Crippen molar-refractivity contribution in [1.29, 1.82) is 0 Å². The van der Waals surface area contributed by atoms with Crippen LogP contribution in [-0.4, -0.2) is 23.2 Å². The molecule has 1 aliphatic heterocycles. The molecule has 0 radical (unpaired) electrons. The summed E-state index contributed by atoms with van der Waals surface area (Å²) in [4.78, 5) is 11.3. The highest BCUT2D eigenvalue weighted by atomic mass is 32.1. The van der Waals surface area contributed by atoms with Crippen molar-refractivity contribution in [1.82, 2.24) is 9.97 Å². The topological polar surface area (TPSA) is 53.5 Å². The van der Waals surface area contributed by atoms with Crippen molar-refractivity contribution in [3.63, 3.8) is 0 Å². The molecule has 3 heterocycles. The minimum Gasteiger partial charge on any atom is -0.486 e. The summed E-state index contributed by atoms with van der Waals surface area (Å²) < 4.78 is 17.3. The fraction of sp³-hybridized carbons (Fsp3) is 0.333. The molecule has 0 bridgehead atoms. The van der Waals surface area contributed by atoms with Gasteiger partial charge in [0.1, 0.15) is 30.1 Å². The summed E-state index contributed by atoms with van der Waals surface area (Å²) in [5.74, 6) is 2.82. The van der Waals surface area contributed by atoms with E-state index in [1.807, 2.05) is 18.2 Å². The second kappa shape index (κ2) is 5.63. The molecule has 5 nitrogen and oxygen atoms in total. The second-order valence-corrected chi connectivity index (χ2v) is 7.06. The molecule has 0 spiro atoms. The van der Waals surface area contributed by atoms with Gasteiger partial charge >= 0.3 is 0 Å². The van der Waals surface area contributed by atoms with Crippen molar-refractivity contribution < 1.29 is 14.2 Å². The molecule has 0 saturated heterocycles. The van der Waals surface area contributed by atoms with Crippen LogP contribution in [0.15, 0.2) is 24.5 Å². The van der Waals surface area contributed by atoms with Crippen LogP contribution in [0, 0.1) is 0 Å². The number of aryl methyl sites for hydroxylation is 2. The summed E-state index contributed by atoms with van der Waals surface area (Å²) in [5, 5.41) is 1.08. The summed E-state index contributed by atoms with van der Waals surface area (Å²) in [6.07, 6.45) is 6.28. The monoisotopic (exact) mass is 340 g/mol. The van der Waals surface area contributed by atoms with Crippen LogP contribution >= 0.6 is 11.3 Å². The van der Waals surface area contributed by atoms with E-state index in [-0.39, 0.29) is 0 Å². The van der Waals surface area contributed by atoms with Gasteiger partial charge in [-0.05, 0) is 43.4 Å². The number of ether oxygens (including phenoxy) is 3. The van der Waals surface area contributed by atoms with Gasteiger partial charge in [-0.3, -0.25) is 0 Å². The first kappa shape index (κ1) is 14.0. The molecule has 6 heteroatoms. The van der Waals surface area contributed by atoms with E-state index >= 15 is 0 Å². The van der Waals surface area contributed by atoms with Crippen LogP contribution in [0.3, 0.4) is 0 Å². The average Bonchev–Trinajstić information content (AvgIpc) is 3.01. The van der Waals surface area contributed by atoms with E-state index in [1.165, 1.54) is 23.3 Å². The van der Waals surface area contributed by atoms with Gasteiger partial charge in [0.05, 0.1) is 5.39 Å². The van der Waals surface area contributed by atoms with E-state index in [9.17, 15) is 0 Å². The third-order valence-electron chi connectivity index (χ3n) is 4.44. The van der Waals surface area contributed by atoms with E-state index in [0.717, 1.165) is 34.6 Å². The Kier molecular flexibility index (Phi) is 3.29. The molecule has 1 aliphatic carbocycles. The quantitative estimate of drug-likeness (QED) is 0.702. The first-order chi connectivity index (χ1) is 11.9. The lowest BCUT2D eigenvalue weighted by Crippen LogP contribution is -2.15. The molecule has 0 fully saturated rings. The lowest BCUT2D eigenvalue weighted by Gasteiger charge is -2.19. The molecule has 24 heavy (non-hydrogen) atoms. The Balaban J connectivity index is 1.56. The van der Waals surface area contributed by atoms with Crippen LogP contribution < -0.4 is 14.2 Å². The van der Waals surface area contributed by atoms with Crippen LogP contribution in [-0.2, 0) is 12.8 Å². The van der Waals surface area contributed by atoms with Gasteiger partial charge in [0.25, 0.3) is 0 Å². The van der Waals surface area contributed by atoms with Gasteiger partial charge in [0, 0.05) is 10.9 Å². The number of benzene rings is 1. The molecular formula is C18H16N2O3S. The van der Waals surface area contributed by atoms with Gasteiger partial charge < -0.3 is 14.2 Å². The van der Waals surface area contributed by atoms with Crippen LogP contribution in [0.4, 0.5) is 0 Å². The summed E-state index contributed by atoms with van der Waals surface area (Å²) >= 11 is 1.77. The fourth-order valence-corrected chi connectivity index (χ4v) is 4.56. The fourth-order valence-electron chi connectivity index (χ4n) is 3.34. The van der Waals surface area contributed by atoms with Gasteiger partial charge in [-0.15, -0.1) is 11.3 Å². The third-order valence-corrected chi connectivity index (χ3v) is 5.64. The van der Waals surface area contributed by atoms with Gasteiger partial charge in [-0.1, -0.05) is 0 Å². The minimum absolute atomic E-state index is 0.562. The zero-order chi connectivity index (χ0) is 15.9. The second-order valence-electron chi connectivity index (χ2n) is 5.98. The van der Waals surface area contributed by atoms with Gasteiger partial charge in [0.15, 0.2) is 11.5 Å². The molecule has 0 unspecified atom stereocenters. The van der Waals surface area contributed by atoms with E-state index in [2.05, 4.69) is 9.97 Å². The Morgan fingerprint density at radius 1 is 1.00 bits per heavy atom. The first-order valence-corrected chi connectivity index (χ1v) is 9.03. The highest BCUT2D eigenvalue weighted by Gasteiger charge is 2.21. The number of rotatable bonds is 2. The van der Waals surface area contributed by atoms with Crippen LogP contribution in [0.25, 0.3) is 10.2 Å². The maximum atomic E-state index is 6.10. The number of aromatic nitrogens is 2. The Labute approximate surface area is 143 Å². The molecule has 2 aliphatic rings. The molecule has 0 atom stereocenters. The van der Waals surface area contributed by atoms with Crippen molar-refractivity contribution in [2.24, 2.45) is 0 Å². The molecule has 122 valence electrons. The molecule has 2 aromatic heterocycles.